The zero-order valence-corrected chi connectivity index (χ0v) is 14.5. The number of aryl methyl sites for hydroxylation is 1. The zero-order chi connectivity index (χ0) is 16.1. The number of halogens is 1. The Balaban J connectivity index is 1.84. The lowest BCUT2D eigenvalue weighted by Gasteiger charge is -2.15. The number of rotatable bonds is 1. The average molecular weight is 348 g/mol. The lowest BCUT2D eigenvalue weighted by molar-refractivity contribution is 0.982. The van der Waals surface area contributed by atoms with Gasteiger partial charge >= 0.3 is 0 Å². The highest BCUT2D eigenvalue weighted by Gasteiger charge is 2.16. The molecule has 1 heterocycles. The highest BCUT2D eigenvalue weighted by molar-refractivity contribution is 7.21. The molecule has 0 saturated carbocycles. The van der Waals surface area contributed by atoms with Crippen LogP contribution in [-0.4, -0.2) is 4.98 Å². The zero-order valence-electron chi connectivity index (χ0n) is 12.9. The molecule has 0 radical (unpaired) electrons. The predicted molar refractivity (Wildman–Crippen MR) is 105 cm³/mol. The average Bonchev–Trinajstić information content (AvgIpc) is 3.06. The Hall–Kier alpha value is -2.16. The molecule has 0 fully saturated rings. The lowest BCUT2D eigenvalue weighted by Crippen LogP contribution is -1.98. The number of nitrogens with zero attached hydrogens (tertiary/aromatic N) is 1. The summed E-state index contributed by atoms with van der Waals surface area (Å²) in [6, 6.07) is 19.2. The van der Waals surface area contributed by atoms with Gasteiger partial charge in [0.25, 0.3) is 0 Å². The van der Waals surface area contributed by atoms with Crippen LogP contribution < -0.4 is 0 Å². The normalized spacial score (nSPS) is 14.0. The molecule has 1 aromatic heterocycles. The van der Waals surface area contributed by atoms with E-state index in [9.17, 15) is 0 Å². The minimum absolute atomic E-state index is 0.916. The van der Waals surface area contributed by atoms with E-state index in [1.165, 1.54) is 32.2 Å². The first-order valence-corrected chi connectivity index (χ1v) is 9.26. The quantitative estimate of drug-likeness (QED) is 0.376. The third kappa shape index (κ3) is 2.18. The van der Waals surface area contributed by atoms with Gasteiger partial charge in [-0.3, -0.25) is 0 Å². The third-order valence-corrected chi connectivity index (χ3v) is 6.00. The van der Waals surface area contributed by atoms with Crippen LogP contribution in [0.4, 0.5) is 0 Å². The number of fused-ring (bicyclic) bond motifs is 5. The SMILES string of the molecule is ClC1=Cc2ccc3ccc4sc(-c5ccccc5)nc4c3c2CC1. The van der Waals surface area contributed by atoms with Crippen molar-refractivity contribution in [3.05, 3.63) is 70.8 Å². The highest BCUT2D eigenvalue weighted by Crippen LogP contribution is 2.39. The first-order chi connectivity index (χ1) is 11.8. The van der Waals surface area contributed by atoms with Gasteiger partial charge in [-0.05, 0) is 41.5 Å². The predicted octanol–water partition coefficient (Wildman–Crippen LogP) is 6.64. The number of aromatic nitrogens is 1. The summed E-state index contributed by atoms with van der Waals surface area (Å²) in [5.41, 5.74) is 4.92. The van der Waals surface area contributed by atoms with E-state index < -0.39 is 0 Å². The molecule has 0 unspecified atom stereocenters. The monoisotopic (exact) mass is 347 g/mol. The second-order valence-corrected chi connectivity index (χ2v) is 7.64. The molecule has 1 aliphatic carbocycles. The summed E-state index contributed by atoms with van der Waals surface area (Å²) in [6.07, 6.45) is 4.00. The van der Waals surface area contributed by atoms with Crippen molar-refractivity contribution < 1.29 is 0 Å². The van der Waals surface area contributed by atoms with Crippen LogP contribution in [0.3, 0.4) is 0 Å². The van der Waals surface area contributed by atoms with E-state index in [0.29, 0.717) is 0 Å². The fraction of sp³-hybridized carbons (Fsp3) is 0.0952. The second kappa shape index (κ2) is 5.44. The van der Waals surface area contributed by atoms with Gasteiger partial charge in [0.05, 0.1) is 10.2 Å². The molecule has 4 aromatic rings. The Morgan fingerprint density at radius 1 is 0.917 bits per heavy atom. The first kappa shape index (κ1) is 14.2. The van der Waals surface area contributed by atoms with E-state index in [0.717, 1.165) is 28.4 Å². The van der Waals surface area contributed by atoms with Crippen LogP contribution in [0.2, 0.25) is 0 Å². The van der Waals surface area contributed by atoms with Crippen molar-refractivity contribution in [3.8, 4) is 10.6 Å². The summed E-state index contributed by atoms with van der Waals surface area (Å²) in [6.45, 7) is 0. The minimum Gasteiger partial charge on any atom is -0.235 e. The van der Waals surface area contributed by atoms with Crippen LogP contribution in [-0.2, 0) is 6.42 Å². The standard InChI is InChI=1S/C21H14ClNS/c22-16-9-10-17-15(12-16)7-6-13-8-11-18-20(19(13)17)23-21(24-18)14-4-2-1-3-5-14/h1-8,11-12H,9-10H2. The van der Waals surface area contributed by atoms with Gasteiger partial charge in [-0.25, -0.2) is 4.98 Å². The minimum atomic E-state index is 0.916. The van der Waals surface area contributed by atoms with Gasteiger partial charge in [-0.2, -0.15) is 0 Å². The molecule has 5 rings (SSSR count). The summed E-state index contributed by atoms with van der Waals surface area (Å²) in [5, 5.41) is 4.58. The summed E-state index contributed by atoms with van der Waals surface area (Å²) in [7, 11) is 0. The molecule has 0 spiro atoms. The van der Waals surface area contributed by atoms with Crippen molar-refractivity contribution in [2.24, 2.45) is 0 Å². The van der Waals surface area contributed by atoms with E-state index in [-0.39, 0.29) is 0 Å². The van der Waals surface area contributed by atoms with Gasteiger partial charge in [0, 0.05) is 16.0 Å². The number of benzene rings is 3. The van der Waals surface area contributed by atoms with Gasteiger partial charge in [-0.15, -0.1) is 11.3 Å². The molecule has 116 valence electrons. The van der Waals surface area contributed by atoms with Gasteiger partial charge in [0.2, 0.25) is 0 Å². The maximum Gasteiger partial charge on any atom is 0.124 e. The van der Waals surface area contributed by atoms with Crippen LogP contribution >= 0.6 is 22.9 Å². The Morgan fingerprint density at radius 2 is 1.75 bits per heavy atom. The molecule has 1 nitrogen and oxygen atoms in total. The molecule has 0 bridgehead atoms. The van der Waals surface area contributed by atoms with Crippen molar-refractivity contribution in [1.29, 1.82) is 0 Å². The number of thiazole rings is 1. The summed E-state index contributed by atoms with van der Waals surface area (Å²) >= 11 is 8.01. The van der Waals surface area contributed by atoms with E-state index in [1.54, 1.807) is 11.3 Å². The fourth-order valence-corrected chi connectivity index (χ4v) is 4.68. The van der Waals surface area contributed by atoms with E-state index in [1.807, 2.05) is 6.07 Å². The van der Waals surface area contributed by atoms with E-state index in [2.05, 4.69) is 54.6 Å². The third-order valence-electron chi connectivity index (χ3n) is 4.63. The number of hydrogen-bond donors (Lipinski definition) is 0. The Labute approximate surface area is 149 Å². The molecule has 0 atom stereocenters. The van der Waals surface area contributed by atoms with Gasteiger partial charge < -0.3 is 0 Å². The number of hydrogen-bond acceptors (Lipinski definition) is 2. The van der Waals surface area contributed by atoms with Crippen molar-refractivity contribution >= 4 is 50.0 Å². The second-order valence-electron chi connectivity index (χ2n) is 6.12. The molecule has 3 heteroatoms. The van der Waals surface area contributed by atoms with E-state index in [4.69, 9.17) is 16.6 Å². The van der Waals surface area contributed by atoms with E-state index >= 15 is 0 Å². The van der Waals surface area contributed by atoms with Crippen LogP contribution in [0, 0.1) is 0 Å². The smallest absolute Gasteiger partial charge is 0.124 e. The number of allylic oxidation sites excluding steroid dienone is 1. The largest absolute Gasteiger partial charge is 0.235 e. The summed E-state index contributed by atoms with van der Waals surface area (Å²) in [5.74, 6) is 0. The van der Waals surface area contributed by atoms with Crippen LogP contribution in [0.15, 0.2) is 59.6 Å². The van der Waals surface area contributed by atoms with Crippen LogP contribution in [0.5, 0.6) is 0 Å². The van der Waals surface area contributed by atoms with Crippen LogP contribution in [0.1, 0.15) is 17.5 Å². The van der Waals surface area contributed by atoms with Crippen LogP contribution in [0.25, 0.3) is 37.6 Å². The molecule has 3 aromatic carbocycles. The molecule has 0 amide bonds. The Morgan fingerprint density at radius 3 is 2.62 bits per heavy atom. The topological polar surface area (TPSA) is 12.9 Å². The lowest BCUT2D eigenvalue weighted by atomic mass is 9.91. The maximum absolute atomic E-state index is 6.25. The fourth-order valence-electron chi connectivity index (χ4n) is 3.48. The summed E-state index contributed by atoms with van der Waals surface area (Å²) in [4.78, 5) is 5.00. The maximum atomic E-state index is 6.25. The van der Waals surface area contributed by atoms with Gasteiger partial charge in [-0.1, -0.05) is 60.1 Å². The van der Waals surface area contributed by atoms with Gasteiger partial charge in [0.1, 0.15) is 5.01 Å². The molecule has 1 aliphatic rings. The molecular formula is C21H14ClNS. The molecule has 0 N–H and O–H groups in total. The first-order valence-electron chi connectivity index (χ1n) is 8.06. The molecular weight excluding hydrogens is 334 g/mol. The molecule has 0 aliphatic heterocycles. The molecule has 0 saturated heterocycles. The van der Waals surface area contributed by atoms with Crippen molar-refractivity contribution in [3.63, 3.8) is 0 Å². The Bertz CT molecular complexity index is 1110. The van der Waals surface area contributed by atoms with Gasteiger partial charge in [0.15, 0.2) is 0 Å². The highest BCUT2D eigenvalue weighted by atomic mass is 35.5. The Kier molecular flexibility index (Phi) is 3.22. The van der Waals surface area contributed by atoms with Crippen molar-refractivity contribution in [1.82, 2.24) is 4.98 Å². The summed E-state index contributed by atoms with van der Waals surface area (Å²) < 4.78 is 1.25. The van der Waals surface area contributed by atoms with Crippen molar-refractivity contribution in [2.45, 2.75) is 12.8 Å². The molecule has 24 heavy (non-hydrogen) atoms. The van der Waals surface area contributed by atoms with Crippen molar-refractivity contribution in [2.75, 3.05) is 0 Å².